The Hall–Kier alpha value is -2.64. The smallest absolute Gasteiger partial charge is 0.224 e. The van der Waals surface area contributed by atoms with E-state index < -0.39 is 0 Å². The molecule has 4 rings (SSSR count). The lowest BCUT2D eigenvalue weighted by atomic mass is 10.2. The van der Waals surface area contributed by atoms with E-state index in [1.54, 1.807) is 6.20 Å². The van der Waals surface area contributed by atoms with Gasteiger partial charge in [-0.05, 0) is 42.6 Å². The fourth-order valence-electron chi connectivity index (χ4n) is 2.62. The minimum Gasteiger partial charge on any atom is -0.354 e. The minimum absolute atomic E-state index is 0.0503. The first kappa shape index (κ1) is 16.8. The van der Waals surface area contributed by atoms with Gasteiger partial charge in [0.05, 0.1) is 15.1 Å². The molecule has 7 heteroatoms. The van der Waals surface area contributed by atoms with Crippen LogP contribution in [0.1, 0.15) is 25.9 Å². The molecule has 0 radical (unpaired) electrons. The molecule has 1 N–H and O–H groups in total. The summed E-state index contributed by atoms with van der Waals surface area (Å²) in [6.45, 7) is 2.64. The highest BCUT2D eigenvalue weighted by Crippen LogP contribution is 2.27. The number of anilines is 1. The Morgan fingerprint density at radius 2 is 2.08 bits per heavy atom. The molecule has 0 fully saturated rings. The molecule has 0 spiro atoms. The maximum atomic E-state index is 12.9. The van der Waals surface area contributed by atoms with Crippen molar-refractivity contribution < 1.29 is 4.79 Å². The largest absolute Gasteiger partial charge is 0.354 e. The molecule has 4 aromatic rings. The van der Waals surface area contributed by atoms with Crippen molar-refractivity contribution in [1.82, 2.24) is 15.0 Å². The van der Waals surface area contributed by atoms with Gasteiger partial charge in [-0.15, -0.1) is 22.7 Å². The predicted octanol–water partition coefficient (Wildman–Crippen LogP) is 4.34. The lowest BCUT2D eigenvalue weighted by Crippen LogP contribution is -2.11. The molecule has 130 valence electrons. The van der Waals surface area contributed by atoms with Gasteiger partial charge >= 0.3 is 0 Å². The molecule has 0 aliphatic carbocycles. The van der Waals surface area contributed by atoms with Gasteiger partial charge in [0.2, 0.25) is 11.7 Å². The SMILES string of the molecule is Cc1ccc(C(=O)c2nc(NCCc3ccccn3)nc3ccsc23)s1. The third kappa shape index (κ3) is 3.49. The number of aryl methyl sites for hydroxylation is 1. The van der Waals surface area contributed by atoms with Gasteiger partial charge in [0.1, 0.15) is 5.69 Å². The first-order valence-electron chi connectivity index (χ1n) is 8.21. The maximum absolute atomic E-state index is 12.9. The Morgan fingerprint density at radius 3 is 2.85 bits per heavy atom. The topological polar surface area (TPSA) is 67.8 Å². The number of hydrogen-bond acceptors (Lipinski definition) is 7. The molecule has 26 heavy (non-hydrogen) atoms. The maximum Gasteiger partial charge on any atom is 0.224 e. The molecule has 0 aliphatic heterocycles. The van der Waals surface area contributed by atoms with Gasteiger partial charge in [-0.25, -0.2) is 9.97 Å². The zero-order valence-electron chi connectivity index (χ0n) is 14.1. The predicted molar refractivity (Wildman–Crippen MR) is 106 cm³/mol. The molecule has 4 aromatic heterocycles. The monoisotopic (exact) mass is 380 g/mol. The quantitative estimate of drug-likeness (QED) is 0.504. The third-order valence-electron chi connectivity index (χ3n) is 3.87. The van der Waals surface area contributed by atoms with Crippen LogP contribution in [0.5, 0.6) is 0 Å². The molecule has 0 aliphatic rings. The molecule has 0 bridgehead atoms. The minimum atomic E-state index is -0.0503. The molecule has 0 atom stereocenters. The van der Waals surface area contributed by atoms with Crippen LogP contribution in [0.2, 0.25) is 0 Å². The van der Waals surface area contributed by atoms with Crippen LogP contribution < -0.4 is 5.32 Å². The molecule has 4 heterocycles. The average molecular weight is 380 g/mol. The zero-order valence-corrected chi connectivity index (χ0v) is 15.7. The summed E-state index contributed by atoms with van der Waals surface area (Å²) >= 11 is 2.98. The molecule has 0 unspecified atom stereocenters. The van der Waals surface area contributed by atoms with Crippen LogP contribution in [0.4, 0.5) is 5.95 Å². The molecule has 5 nitrogen and oxygen atoms in total. The van der Waals surface area contributed by atoms with Gasteiger partial charge in [0.25, 0.3) is 0 Å². The van der Waals surface area contributed by atoms with Crippen LogP contribution in [0.15, 0.2) is 48.0 Å². The van der Waals surface area contributed by atoms with Crippen LogP contribution in [0, 0.1) is 6.92 Å². The summed E-state index contributed by atoms with van der Waals surface area (Å²) in [4.78, 5) is 28.1. The van der Waals surface area contributed by atoms with Crippen LogP contribution >= 0.6 is 22.7 Å². The van der Waals surface area contributed by atoms with E-state index in [0.29, 0.717) is 23.1 Å². The van der Waals surface area contributed by atoms with E-state index in [2.05, 4.69) is 20.3 Å². The Balaban J connectivity index is 1.59. The fraction of sp³-hybridized carbons (Fsp3) is 0.158. The summed E-state index contributed by atoms with van der Waals surface area (Å²) in [5.41, 5.74) is 2.26. The molecular weight excluding hydrogens is 364 g/mol. The number of hydrogen-bond donors (Lipinski definition) is 1. The number of thiophene rings is 2. The molecule has 0 aromatic carbocycles. The van der Waals surface area contributed by atoms with Crippen LogP contribution in [-0.2, 0) is 6.42 Å². The Kier molecular flexibility index (Phi) is 4.73. The summed E-state index contributed by atoms with van der Waals surface area (Å²) < 4.78 is 0.830. The highest BCUT2D eigenvalue weighted by Gasteiger charge is 2.19. The average Bonchev–Trinajstić information content (AvgIpc) is 3.30. The second-order valence-electron chi connectivity index (χ2n) is 5.77. The number of ketones is 1. The number of nitrogens with zero attached hydrogens (tertiary/aromatic N) is 3. The number of pyridine rings is 1. The van der Waals surface area contributed by atoms with E-state index in [1.165, 1.54) is 22.7 Å². The normalized spacial score (nSPS) is 11.0. The first-order valence-corrected chi connectivity index (χ1v) is 9.90. The van der Waals surface area contributed by atoms with Crippen molar-refractivity contribution in [2.45, 2.75) is 13.3 Å². The van der Waals surface area contributed by atoms with Gasteiger partial charge in [-0.1, -0.05) is 6.07 Å². The van der Waals surface area contributed by atoms with Crippen molar-refractivity contribution in [2.24, 2.45) is 0 Å². The van der Waals surface area contributed by atoms with Gasteiger partial charge in [0, 0.05) is 29.7 Å². The number of rotatable bonds is 6. The van der Waals surface area contributed by atoms with E-state index >= 15 is 0 Å². The summed E-state index contributed by atoms with van der Waals surface area (Å²) in [6.07, 6.45) is 2.54. The number of nitrogens with one attached hydrogen (secondary N) is 1. The van der Waals surface area contributed by atoms with Gasteiger partial charge in [-0.2, -0.15) is 0 Å². The highest BCUT2D eigenvalue weighted by atomic mass is 32.1. The van der Waals surface area contributed by atoms with Crippen molar-refractivity contribution >= 4 is 44.6 Å². The Labute approximate surface area is 158 Å². The second kappa shape index (κ2) is 7.31. The van der Waals surface area contributed by atoms with Crippen molar-refractivity contribution in [1.29, 1.82) is 0 Å². The lowest BCUT2D eigenvalue weighted by Gasteiger charge is -2.07. The van der Waals surface area contributed by atoms with Crippen molar-refractivity contribution in [3.8, 4) is 0 Å². The number of carbonyl (C=O) groups excluding carboxylic acids is 1. The summed E-state index contributed by atoms with van der Waals surface area (Å²) in [5.74, 6) is 0.425. The van der Waals surface area contributed by atoms with Crippen molar-refractivity contribution in [3.63, 3.8) is 0 Å². The van der Waals surface area contributed by atoms with E-state index in [-0.39, 0.29) is 5.78 Å². The van der Waals surface area contributed by atoms with Crippen LogP contribution in [-0.4, -0.2) is 27.3 Å². The van der Waals surface area contributed by atoms with Gasteiger partial charge in [0.15, 0.2) is 0 Å². The van der Waals surface area contributed by atoms with Crippen LogP contribution in [0.25, 0.3) is 10.2 Å². The number of aromatic nitrogens is 3. The summed E-state index contributed by atoms with van der Waals surface area (Å²) in [6, 6.07) is 11.6. The molecule has 0 saturated carbocycles. The van der Waals surface area contributed by atoms with Gasteiger partial charge < -0.3 is 5.32 Å². The van der Waals surface area contributed by atoms with Crippen LogP contribution in [0.3, 0.4) is 0 Å². The summed E-state index contributed by atoms with van der Waals surface area (Å²) in [5, 5.41) is 5.16. The van der Waals surface area contributed by atoms with E-state index in [1.807, 2.05) is 48.7 Å². The molecular formula is C19H16N4OS2. The van der Waals surface area contributed by atoms with Gasteiger partial charge in [-0.3, -0.25) is 9.78 Å². The standard InChI is InChI=1S/C19H16N4OS2/c1-12-5-6-15(26-12)17(24)16-18-14(8-11-25-18)22-19(23-16)21-10-7-13-4-2-3-9-20-13/h2-6,8-9,11H,7,10H2,1H3,(H,21,22,23). The molecule has 0 amide bonds. The highest BCUT2D eigenvalue weighted by molar-refractivity contribution is 7.18. The number of fused-ring (bicyclic) bond motifs is 1. The third-order valence-corrected chi connectivity index (χ3v) is 5.78. The summed E-state index contributed by atoms with van der Waals surface area (Å²) in [7, 11) is 0. The lowest BCUT2D eigenvalue weighted by molar-refractivity contribution is 0.103. The zero-order chi connectivity index (χ0) is 17.9. The Bertz CT molecular complexity index is 1060. The van der Waals surface area contributed by atoms with E-state index in [4.69, 9.17) is 0 Å². The first-order chi connectivity index (χ1) is 12.7. The van der Waals surface area contributed by atoms with E-state index in [0.717, 1.165) is 27.2 Å². The fourth-order valence-corrected chi connectivity index (χ4v) is 4.24. The second-order valence-corrected chi connectivity index (χ2v) is 7.97. The van der Waals surface area contributed by atoms with E-state index in [9.17, 15) is 4.79 Å². The Morgan fingerprint density at radius 1 is 1.15 bits per heavy atom. The number of carbonyl (C=O) groups is 1. The van der Waals surface area contributed by atoms with Crippen molar-refractivity contribution in [3.05, 3.63) is 69.1 Å². The molecule has 0 saturated heterocycles. The van der Waals surface area contributed by atoms with Crippen molar-refractivity contribution in [2.75, 3.05) is 11.9 Å².